The Hall–Kier alpha value is -3.08. The highest BCUT2D eigenvalue weighted by molar-refractivity contribution is 5.90. The minimum Gasteiger partial charge on any atom is -0.493 e. The molecule has 1 N–H and O–H groups in total. The number of ether oxygens (including phenoxy) is 1. The summed E-state index contributed by atoms with van der Waals surface area (Å²) < 4.78 is 7.40. The summed E-state index contributed by atoms with van der Waals surface area (Å²) in [6.45, 7) is 0.650. The number of rotatable bonds is 4. The van der Waals surface area contributed by atoms with Crippen LogP contribution in [-0.2, 0) is 4.79 Å². The molecule has 0 spiro atoms. The van der Waals surface area contributed by atoms with Gasteiger partial charge in [0.05, 0.1) is 18.5 Å². The minimum atomic E-state index is -0.0145. The standard InChI is InChI=1S/C20H19N3O2/c24-20(14-15-11-13-25-18-9-5-4-8-17(15)18)22-19-10-12-21-23(19)16-6-2-1-3-7-16/h1-10,12,15H,11,13-14H2,(H,22,24)/t15-/m0/s1. The van der Waals surface area contributed by atoms with Gasteiger partial charge >= 0.3 is 0 Å². The Morgan fingerprint density at radius 3 is 2.80 bits per heavy atom. The molecule has 5 heteroatoms. The van der Waals surface area contributed by atoms with E-state index in [1.54, 1.807) is 10.9 Å². The van der Waals surface area contributed by atoms with Gasteiger partial charge in [-0.15, -0.1) is 0 Å². The lowest BCUT2D eigenvalue weighted by molar-refractivity contribution is -0.116. The number of amides is 1. The van der Waals surface area contributed by atoms with Crippen molar-refractivity contribution in [3.8, 4) is 11.4 Å². The summed E-state index contributed by atoms with van der Waals surface area (Å²) >= 11 is 0. The first-order chi connectivity index (χ1) is 12.3. The van der Waals surface area contributed by atoms with E-state index in [-0.39, 0.29) is 11.8 Å². The van der Waals surface area contributed by atoms with E-state index in [1.807, 2.05) is 60.7 Å². The van der Waals surface area contributed by atoms with E-state index in [9.17, 15) is 4.79 Å². The molecule has 0 saturated heterocycles. The predicted molar refractivity (Wildman–Crippen MR) is 96.1 cm³/mol. The molecule has 1 aliphatic heterocycles. The SMILES string of the molecule is O=C(C[C@@H]1CCOc2ccccc21)Nc1ccnn1-c1ccccc1. The lowest BCUT2D eigenvalue weighted by atomic mass is 9.90. The van der Waals surface area contributed by atoms with E-state index < -0.39 is 0 Å². The van der Waals surface area contributed by atoms with Crippen molar-refractivity contribution in [3.05, 3.63) is 72.4 Å². The first kappa shape index (κ1) is 15.4. The zero-order valence-corrected chi connectivity index (χ0v) is 13.8. The van der Waals surface area contributed by atoms with Gasteiger partial charge < -0.3 is 10.1 Å². The first-order valence-electron chi connectivity index (χ1n) is 8.42. The second kappa shape index (κ2) is 6.81. The number of anilines is 1. The first-order valence-corrected chi connectivity index (χ1v) is 8.42. The average molecular weight is 333 g/mol. The van der Waals surface area contributed by atoms with Crippen molar-refractivity contribution in [1.82, 2.24) is 9.78 Å². The Bertz CT molecular complexity index is 873. The van der Waals surface area contributed by atoms with Crippen LogP contribution in [0.25, 0.3) is 5.69 Å². The van der Waals surface area contributed by atoms with Crippen LogP contribution in [0.1, 0.15) is 24.3 Å². The normalized spacial score (nSPS) is 15.9. The maximum Gasteiger partial charge on any atom is 0.226 e. The van der Waals surface area contributed by atoms with Crippen molar-refractivity contribution in [2.45, 2.75) is 18.8 Å². The van der Waals surface area contributed by atoms with Crippen LogP contribution < -0.4 is 10.1 Å². The van der Waals surface area contributed by atoms with Crippen molar-refractivity contribution in [2.24, 2.45) is 0 Å². The third-order valence-electron chi connectivity index (χ3n) is 4.43. The Kier molecular flexibility index (Phi) is 4.21. The van der Waals surface area contributed by atoms with Crippen molar-refractivity contribution in [1.29, 1.82) is 0 Å². The molecule has 126 valence electrons. The van der Waals surface area contributed by atoms with E-state index >= 15 is 0 Å². The smallest absolute Gasteiger partial charge is 0.226 e. The summed E-state index contributed by atoms with van der Waals surface area (Å²) in [7, 11) is 0. The fourth-order valence-corrected chi connectivity index (χ4v) is 3.22. The molecule has 1 aliphatic rings. The summed E-state index contributed by atoms with van der Waals surface area (Å²) in [5.41, 5.74) is 2.03. The van der Waals surface area contributed by atoms with Crippen LogP contribution in [-0.4, -0.2) is 22.3 Å². The summed E-state index contributed by atoms with van der Waals surface area (Å²) in [5, 5.41) is 7.29. The van der Waals surface area contributed by atoms with Crippen LogP contribution in [0.4, 0.5) is 5.82 Å². The molecule has 0 bridgehead atoms. The minimum absolute atomic E-state index is 0.0145. The van der Waals surface area contributed by atoms with E-state index in [0.717, 1.165) is 23.4 Å². The number of nitrogens with zero attached hydrogens (tertiary/aromatic N) is 2. The summed E-state index contributed by atoms with van der Waals surface area (Å²) in [6.07, 6.45) is 2.97. The van der Waals surface area contributed by atoms with Gasteiger partial charge in [-0.25, -0.2) is 4.68 Å². The van der Waals surface area contributed by atoms with Crippen LogP contribution in [0.2, 0.25) is 0 Å². The molecule has 0 unspecified atom stereocenters. The number of aromatic nitrogens is 2. The van der Waals surface area contributed by atoms with Crippen molar-refractivity contribution < 1.29 is 9.53 Å². The van der Waals surface area contributed by atoms with Gasteiger partial charge in [-0.1, -0.05) is 36.4 Å². The Labute approximate surface area is 146 Å². The number of carbonyl (C=O) groups is 1. The molecule has 0 radical (unpaired) electrons. The van der Waals surface area contributed by atoms with Gasteiger partial charge in [-0.3, -0.25) is 4.79 Å². The van der Waals surface area contributed by atoms with Crippen LogP contribution in [0.5, 0.6) is 5.75 Å². The zero-order valence-electron chi connectivity index (χ0n) is 13.8. The van der Waals surface area contributed by atoms with Crippen LogP contribution in [0.3, 0.4) is 0 Å². The van der Waals surface area contributed by atoms with Gasteiger partial charge in [0.25, 0.3) is 0 Å². The molecule has 5 nitrogen and oxygen atoms in total. The molecule has 2 heterocycles. The highest BCUT2D eigenvalue weighted by Crippen LogP contribution is 2.35. The molecular weight excluding hydrogens is 314 g/mol. The Morgan fingerprint density at radius 2 is 1.92 bits per heavy atom. The maximum atomic E-state index is 12.6. The van der Waals surface area contributed by atoms with Crippen LogP contribution >= 0.6 is 0 Å². The largest absolute Gasteiger partial charge is 0.493 e. The maximum absolute atomic E-state index is 12.6. The van der Waals surface area contributed by atoms with Gasteiger partial charge in [-0.2, -0.15) is 5.10 Å². The molecular formula is C20H19N3O2. The third kappa shape index (κ3) is 3.26. The summed E-state index contributed by atoms with van der Waals surface area (Å²) in [6, 6.07) is 19.5. The van der Waals surface area contributed by atoms with Crippen molar-refractivity contribution in [3.63, 3.8) is 0 Å². The van der Waals surface area contributed by atoms with Crippen LogP contribution in [0, 0.1) is 0 Å². The van der Waals surface area contributed by atoms with E-state index in [2.05, 4.69) is 10.4 Å². The number of fused-ring (bicyclic) bond motifs is 1. The molecule has 0 saturated carbocycles. The number of hydrogen-bond donors (Lipinski definition) is 1. The van der Waals surface area contributed by atoms with Crippen molar-refractivity contribution in [2.75, 3.05) is 11.9 Å². The molecule has 3 aromatic rings. The lowest BCUT2D eigenvalue weighted by Gasteiger charge is -2.25. The Balaban J connectivity index is 1.49. The van der Waals surface area contributed by atoms with E-state index in [4.69, 9.17) is 4.74 Å². The Morgan fingerprint density at radius 1 is 1.12 bits per heavy atom. The monoisotopic (exact) mass is 333 g/mol. The predicted octanol–water partition coefficient (Wildman–Crippen LogP) is 3.77. The summed E-state index contributed by atoms with van der Waals surface area (Å²) in [5.74, 6) is 1.73. The highest BCUT2D eigenvalue weighted by Gasteiger charge is 2.23. The molecule has 25 heavy (non-hydrogen) atoms. The fourth-order valence-electron chi connectivity index (χ4n) is 3.22. The van der Waals surface area contributed by atoms with Gasteiger partial charge in [0.1, 0.15) is 11.6 Å². The topological polar surface area (TPSA) is 56.1 Å². The number of carbonyl (C=O) groups excluding carboxylic acids is 1. The average Bonchev–Trinajstić information content (AvgIpc) is 3.11. The molecule has 2 aromatic carbocycles. The number of para-hydroxylation sites is 2. The third-order valence-corrected chi connectivity index (χ3v) is 4.43. The summed E-state index contributed by atoms with van der Waals surface area (Å²) in [4.78, 5) is 12.6. The van der Waals surface area contributed by atoms with Gasteiger partial charge in [-0.05, 0) is 36.1 Å². The van der Waals surface area contributed by atoms with E-state index in [0.29, 0.717) is 18.8 Å². The molecule has 0 fully saturated rings. The molecule has 1 amide bonds. The van der Waals surface area contributed by atoms with Crippen molar-refractivity contribution >= 4 is 11.7 Å². The highest BCUT2D eigenvalue weighted by atomic mass is 16.5. The molecule has 0 aliphatic carbocycles. The van der Waals surface area contributed by atoms with Gasteiger partial charge in [0.15, 0.2) is 0 Å². The zero-order chi connectivity index (χ0) is 17.1. The van der Waals surface area contributed by atoms with Gasteiger partial charge in [0.2, 0.25) is 5.91 Å². The fraction of sp³-hybridized carbons (Fsp3) is 0.200. The number of hydrogen-bond acceptors (Lipinski definition) is 3. The second-order valence-corrected chi connectivity index (χ2v) is 6.09. The second-order valence-electron chi connectivity index (χ2n) is 6.09. The number of benzene rings is 2. The quantitative estimate of drug-likeness (QED) is 0.791. The molecule has 4 rings (SSSR count). The van der Waals surface area contributed by atoms with E-state index in [1.165, 1.54) is 0 Å². The molecule has 1 atom stereocenters. The lowest BCUT2D eigenvalue weighted by Crippen LogP contribution is -2.21. The van der Waals surface area contributed by atoms with Crippen LogP contribution in [0.15, 0.2) is 66.9 Å². The molecule has 1 aromatic heterocycles. The number of nitrogens with one attached hydrogen (secondary N) is 1. The van der Waals surface area contributed by atoms with Gasteiger partial charge in [0, 0.05) is 12.5 Å².